The third kappa shape index (κ3) is 4.51. The Kier molecular flexibility index (Phi) is 5.71. The Morgan fingerprint density at radius 1 is 1.30 bits per heavy atom. The number of carboxylic acids is 1. The van der Waals surface area contributed by atoms with E-state index in [-0.39, 0.29) is 23.8 Å². The minimum atomic E-state index is -0.804. The van der Waals surface area contributed by atoms with E-state index in [0.29, 0.717) is 13.0 Å². The molecule has 2 N–H and O–H groups in total. The van der Waals surface area contributed by atoms with Crippen molar-refractivity contribution in [3.05, 3.63) is 35.6 Å². The van der Waals surface area contributed by atoms with Crippen molar-refractivity contribution >= 4 is 11.9 Å². The Labute approximate surface area is 135 Å². The molecule has 0 aromatic heterocycles. The van der Waals surface area contributed by atoms with Gasteiger partial charge in [-0.3, -0.25) is 14.5 Å². The molecule has 5 nitrogen and oxygen atoms in total. The Morgan fingerprint density at radius 3 is 2.57 bits per heavy atom. The number of likely N-dealkylation sites (tertiary alicyclic amines) is 1. The number of carboxylic acid groups (broad SMARTS) is 1. The molecule has 1 aliphatic heterocycles. The van der Waals surface area contributed by atoms with Crippen LogP contribution in [-0.4, -0.2) is 41.0 Å². The summed E-state index contributed by atoms with van der Waals surface area (Å²) < 4.78 is 12.9. The third-order valence-corrected chi connectivity index (χ3v) is 4.46. The number of piperidine rings is 1. The summed E-state index contributed by atoms with van der Waals surface area (Å²) in [6, 6.07) is 5.40. The van der Waals surface area contributed by atoms with Crippen LogP contribution in [0.1, 0.15) is 38.3 Å². The van der Waals surface area contributed by atoms with Gasteiger partial charge in [-0.15, -0.1) is 0 Å². The Bertz CT molecular complexity index is 561. The van der Waals surface area contributed by atoms with E-state index in [1.807, 2.05) is 11.8 Å². The predicted octanol–water partition coefficient (Wildman–Crippen LogP) is 2.19. The normalized spacial score (nSPS) is 21.4. The zero-order valence-corrected chi connectivity index (χ0v) is 13.5. The van der Waals surface area contributed by atoms with Gasteiger partial charge in [0.05, 0.1) is 18.0 Å². The van der Waals surface area contributed by atoms with Crippen LogP contribution in [0, 0.1) is 11.7 Å². The predicted molar refractivity (Wildman–Crippen MR) is 84.4 cm³/mol. The molecule has 1 aromatic rings. The van der Waals surface area contributed by atoms with Gasteiger partial charge in [0.15, 0.2) is 0 Å². The van der Waals surface area contributed by atoms with Crippen LogP contribution in [0.15, 0.2) is 24.3 Å². The molecule has 2 rings (SSSR count). The van der Waals surface area contributed by atoms with Gasteiger partial charge in [0.1, 0.15) is 5.82 Å². The Morgan fingerprint density at radius 2 is 1.96 bits per heavy atom. The summed E-state index contributed by atoms with van der Waals surface area (Å²) in [6.45, 7) is 4.75. The number of rotatable bonds is 5. The molecule has 0 aliphatic carbocycles. The number of halogens is 1. The van der Waals surface area contributed by atoms with Crippen molar-refractivity contribution in [1.82, 2.24) is 10.2 Å². The SMILES string of the molecule is CC(NC(=O)C(C)N1CCCC(C(=O)O)C1)c1ccc(F)cc1. The lowest BCUT2D eigenvalue weighted by molar-refractivity contribution is -0.145. The molecule has 1 amide bonds. The van der Waals surface area contributed by atoms with Crippen molar-refractivity contribution in [3.8, 4) is 0 Å². The van der Waals surface area contributed by atoms with Gasteiger partial charge >= 0.3 is 5.97 Å². The molecule has 1 aliphatic rings. The second-order valence-corrected chi connectivity index (χ2v) is 6.13. The molecule has 0 radical (unpaired) electrons. The highest BCUT2D eigenvalue weighted by Crippen LogP contribution is 2.19. The Hall–Kier alpha value is -1.95. The molecule has 6 heteroatoms. The second-order valence-electron chi connectivity index (χ2n) is 6.13. The maximum atomic E-state index is 12.9. The average Bonchev–Trinajstić information content (AvgIpc) is 2.54. The van der Waals surface area contributed by atoms with Crippen molar-refractivity contribution in [1.29, 1.82) is 0 Å². The van der Waals surface area contributed by atoms with Crippen molar-refractivity contribution < 1.29 is 19.1 Å². The number of hydrogen-bond donors (Lipinski definition) is 2. The lowest BCUT2D eigenvalue weighted by Crippen LogP contribution is -2.50. The lowest BCUT2D eigenvalue weighted by Gasteiger charge is -2.35. The monoisotopic (exact) mass is 322 g/mol. The first-order valence-electron chi connectivity index (χ1n) is 7.91. The summed E-state index contributed by atoms with van der Waals surface area (Å²) in [6.07, 6.45) is 1.44. The summed E-state index contributed by atoms with van der Waals surface area (Å²) in [5, 5.41) is 12.0. The summed E-state index contributed by atoms with van der Waals surface area (Å²) in [7, 11) is 0. The highest BCUT2D eigenvalue weighted by atomic mass is 19.1. The van der Waals surface area contributed by atoms with Gasteiger partial charge in [-0.25, -0.2) is 4.39 Å². The van der Waals surface area contributed by atoms with E-state index in [9.17, 15) is 14.0 Å². The van der Waals surface area contributed by atoms with E-state index in [0.717, 1.165) is 18.5 Å². The largest absolute Gasteiger partial charge is 0.481 e. The molecular formula is C17H23FN2O3. The molecule has 3 atom stereocenters. The smallest absolute Gasteiger partial charge is 0.307 e. The number of nitrogens with one attached hydrogen (secondary N) is 1. The second kappa shape index (κ2) is 7.55. The molecule has 1 fully saturated rings. The fourth-order valence-electron chi connectivity index (χ4n) is 2.89. The van der Waals surface area contributed by atoms with Gasteiger partial charge in [-0.2, -0.15) is 0 Å². The van der Waals surface area contributed by atoms with E-state index >= 15 is 0 Å². The summed E-state index contributed by atoms with van der Waals surface area (Å²) >= 11 is 0. The van der Waals surface area contributed by atoms with Gasteiger partial charge in [-0.05, 0) is 50.9 Å². The van der Waals surface area contributed by atoms with Crippen LogP contribution < -0.4 is 5.32 Å². The third-order valence-electron chi connectivity index (χ3n) is 4.46. The van der Waals surface area contributed by atoms with Crippen LogP contribution >= 0.6 is 0 Å². The van der Waals surface area contributed by atoms with Crippen LogP contribution in [0.3, 0.4) is 0 Å². The van der Waals surface area contributed by atoms with E-state index in [4.69, 9.17) is 5.11 Å². The van der Waals surface area contributed by atoms with Gasteiger partial charge in [0, 0.05) is 6.54 Å². The van der Waals surface area contributed by atoms with Crippen LogP contribution in [0.2, 0.25) is 0 Å². The van der Waals surface area contributed by atoms with Crippen LogP contribution in [-0.2, 0) is 9.59 Å². The molecule has 1 aromatic carbocycles. The van der Waals surface area contributed by atoms with E-state index in [2.05, 4.69) is 5.32 Å². The van der Waals surface area contributed by atoms with E-state index in [1.54, 1.807) is 19.1 Å². The highest BCUT2D eigenvalue weighted by Gasteiger charge is 2.31. The van der Waals surface area contributed by atoms with Crippen molar-refractivity contribution in [2.75, 3.05) is 13.1 Å². The van der Waals surface area contributed by atoms with Crippen LogP contribution in [0.25, 0.3) is 0 Å². The molecular weight excluding hydrogens is 299 g/mol. The quantitative estimate of drug-likeness (QED) is 0.872. The molecule has 1 heterocycles. The Balaban J connectivity index is 1.94. The number of hydrogen-bond acceptors (Lipinski definition) is 3. The van der Waals surface area contributed by atoms with E-state index in [1.165, 1.54) is 12.1 Å². The van der Waals surface area contributed by atoms with Crippen molar-refractivity contribution in [2.45, 2.75) is 38.8 Å². The van der Waals surface area contributed by atoms with Crippen molar-refractivity contribution in [2.24, 2.45) is 5.92 Å². The number of amides is 1. The molecule has 0 saturated carbocycles. The van der Waals surface area contributed by atoms with Gasteiger partial charge in [-0.1, -0.05) is 12.1 Å². The van der Waals surface area contributed by atoms with E-state index < -0.39 is 11.9 Å². The summed E-state index contributed by atoms with van der Waals surface area (Å²) in [5.41, 5.74) is 0.828. The molecule has 126 valence electrons. The number of benzene rings is 1. The van der Waals surface area contributed by atoms with Gasteiger partial charge in [0.2, 0.25) is 5.91 Å². The standard InChI is InChI=1S/C17H23FN2O3/c1-11(13-5-7-15(18)8-6-13)19-16(21)12(2)20-9-3-4-14(10-20)17(22)23/h5-8,11-12,14H,3-4,9-10H2,1-2H3,(H,19,21)(H,22,23). The maximum Gasteiger partial charge on any atom is 0.307 e. The number of carbonyl (C=O) groups is 2. The molecule has 0 bridgehead atoms. The van der Waals surface area contributed by atoms with Crippen LogP contribution in [0.5, 0.6) is 0 Å². The molecule has 1 saturated heterocycles. The summed E-state index contributed by atoms with van der Waals surface area (Å²) in [5.74, 6) is -1.67. The first-order valence-corrected chi connectivity index (χ1v) is 7.91. The maximum absolute atomic E-state index is 12.9. The van der Waals surface area contributed by atoms with Gasteiger partial charge in [0.25, 0.3) is 0 Å². The highest BCUT2D eigenvalue weighted by molar-refractivity contribution is 5.82. The fourth-order valence-corrected chi connectivity index (χ4v) is 2.89. The first-order chi connectivity index (χ1) is 10.9. The summed E-state index contributed by atoms with van der Waals surface area (Å²) in [4.78, 5) is 25.4. The zero-order valence-electron chi connectivity index (χ0n) is 13.5. The minimum Gasteiger partial charge on any atom is -0.481 e. The zero-order chi connectivity index (χ0) is 17.0. The van der Waals surface area contributed by atoms with Crippen molar-refractivity contribution in [3.63, 3.8) is 0 Å². The van der Waals surface area contributed by atoms with Gasteiger partial charge < -0.3 is 10.4 Å². The molecule has 0 spiro atoms. The number of aliphatic carboxylic acids is 1. The minimum absolute atomic E-state index is 0.145. The van der Waals surface area contributed by atoms with Crippen LogP contribution in [0.4, 0.5) is 4.39 Å². The molecule has 23 heavy (non-hydrogen) atoms. The fraction of sp³-hybridized carbons (Fsp3) is 0.529. The topological polar surface area (TPSA) is 69.6 Å². The number of carbonyl (C=O) groups excluding carboxylic acids is 1. The lowest BCUT2D eigenvalue weighted by atomic mass is 9.97. The molecule has 3 unspecified atom stereocenters. The number of nitrogens with zero attached hydrogens (tertiary/aromatic N) is 1. The first kappa shape index (κ1) is 17.4. The average molecular weight is 322 g/mol.